The first-order valence-electron chi connectivity index (χ1n) is 7.23. The highest BCUT2D eigenvalue weighted by molar-refractivity contribution is 7.92. The summed E-state index contributed by atoms with van der Waals surface area (Å²) < 4.78 is 62.5. The van der Waals surface area contributed by atoms with E-state index in [0.717, 1.165) is 16.7 Å². The van der Waals surface area contributed by atoms with Crippen LogP contribution in [0.25, 0.3) is 0 Å². The van der Waals surface area contributed by atoms with Crippen molar-refractivity contribution in [2.24, 2.45) is 0 Å². The van der Waals surface area contributed by atoms with E-state index >= 15 is 0 Å². The second kappa shape index (κ2) is 6.08. The number of rotatable bonds is 3. The Bertz CT molecular complexity index is 690. The van der Waals surface area contributed by atoms with Crippen LogP contribution in [0.3, 0.4) is 0 Å². The third-order valence-electron chi connectivity index (χ3n) is 4.54. The summed E-state index contributed by atoms with van der Waals surface area (Å²) >= 11 is 0.811. The lowest BCUT2D eigenvalue weighted by Gasteiger charge is -2.41. The number of carbonyl (C=O) groups is 1. The number of alkyl halides is 3. The minimum Gasteiger partial charge on any atom is -0.336 e. The third kappa shape index (κ3) is 3.13. The third-order valence-corrected chi connectivity index (χ3v) is 8.03. The fourth-order valence-corrected chi connectivity index (χ4v) is 5.87. The molecular weight excluding hydrogens is 351 g/mol. The van der Waals surface area contributed by atoms with Crippen LogP contribution in [0, 0.1) is 0 Å². The summed E-state index contributed by atoms with van der Waals surface area (Å²) in [4.78, 5) is 13.7. The molecule has 2 heterocycles. The standard InChI is InChI=1S/C14H18F3NO3S2/c1-3-13(4-2)9-18(5-6-23(13,20)21)12(19)10-7-22-8-11(10)14(15,16)17/h7-8H,3-6,9H2,1-2H3. The smallest absolute Gasteiger partial charge is 0.336 e. The predicted molar refractivity (Wildman–Crippen MR) is 82.3 cm³/mol. The van der Waals surface area contributed by atoms with Gasteiger partial charge in [0, 0.05) is 23.8 Å². The number of hydrogen-bond acceptors (Lipinski definition) is 4. The molecule has 1 aliphatic heterocycles. The highest BCUT2D eigenvalue weighted by atomic mass is 32.2. The molecule has 0 unspecified atom stereocenters. The molecular formula is C14H18F3NO3S2. The largest absolute Gasteiger partial charge is 0.417 e. The van der Waals surface area contributed by atoms with E-state index in [4.69, 9.17) is 0 Å². The SMILES string of the molecule is CCC1(CC)CN(C(=O)c2cscc2C(F)(F)F)CCS1(=O)=O. The summed E-state index contributed by atoms with van der Waals surface area (Å²) in [5.41, 5.74) is -1.36. The topological polar surface area (TPSA) is 54.5 Å². The molecule has 0 N–H and O–H groups in total. The Labute approximate surface area is 137 Å². The molecule has 0 bridgehead atoms. The molecule has 1 aromatic heterocycles. The molecule has 9 heteroatoms. The lowest BCUT2D eigenvalue weighted by molar-refractivity contribution is -0.137. The fraction of sp³-hybridized carbons (Fsp3) is 0.643. The van der Waals surface area contributed by atoms with Crippen LogP contribution in [0.15, 0.2) is 10.8 Å². The lowest BCUT2D eigenvalue weighted by atomic mass is 10.0. The van der Waals surface area contributed by atoms with E-state index in [1.807, 2.05) is 0 Å². The van der Waals surface area contributed by atoms with Crippen molar-refractivity contribution in [2.45, 2.75) is 37.6 Å². The number of amides is 1. The van der Waals surface area contributed by atoms with Crippen molar-refractivity contribution in [3.8, 4) is 0 Å². The second-order valence-corrected chi connectivity index (χ2v) is 8.88. The number of sulfone groups is 1. The monoisotopic (exact) mass is 369 g/mol. The number of thiophene rings is 1. The Balaban J connectivity index is 2.34. The van der Waals surface area contributed by atoms with Crippen molar-refractivity contribution in [1.82, 2.24) is 4.90 Å². The van der Waals surface area contributed by atoms with Crippen LogP contribution in [0.2, 0.25) is 0 Å². The molecule has 4 nitrogen and oxygen atoms in total. The zero-order valence-corrected chi connectivity index (χ0v) is 14.4. The molecule has 1 aromatic rings. The van der Waals surface area contributed by atoms with E-state index in [9.17, 15) is 26.4 Å². The quantitative estimate of drug-likeness (QED) is 0.822. The second-order valence-electron chi connectivity index (χ2n) is 5.63. The average Bonchev–Trinajstić information content (AvgIpc) is 2.96. The molecule has 130 valence electrons. The molecule has 0 atom stereocenters. The summed E-state index contributed by atoms with van der Waals surface area (Å²) in [7, 11) is -3.37. The maximum atomic E-state index is 13.0. The van der Waals surface area contributed by atoms with Crippen LogP contribution in [-0.4, -0.2) is 42.8 Å². The minimum absolute atomic E-state index is 0.0612. The average molecular weight is 369 g/mol. The van der Waals surface area contributed by atoms with E-state index in [0.29, 0.717) is 12.8 Å². The van der Waals surface area contributed by atoms with Gasteiger partial charge in [0.15, 0.2) is 9.84 Å². The van der Waals surface area contributed by atoms with Gasteiger partial charge in [-0.2, -0.15) is 24.5 Å². The van der Waals surface area contributed by atoms with Gasteiger partial charge in [-0.1, -0.05) is 13.8 Å². The van der Waals surface area contributed by atoms with E-state index in [1.165, 1.54) is 10.3 Å². The summed E-state index contributed by atoms with van der Waals surface area (Å²) in [5, 5.41) is 2.08. The van der Waals surface area contributed by atoms with Crippen molar-refractivity contribution >= 4 is 27.1 Å². The van der Waals surface area contributed by atoms with Gasteiger partial charge in [-0.25, -0.2) is 8.42 Å². The molecule has 0 saturated carbocycles. The van der Waals surface area contributed by atoms with Crippen molar-refractivity contribution in [3.63, 3.8) is 0 Å². The molecule has 2 rings (SSSR count). The van der Waals surface area contributed by atoms with E-state index < -0.39 is 37.8 Å². The Morgan fingerprint density at radius 3 is 2.43 bits per heavy atom. The maximum Gasteiger partial charge on any atom is 0.417 e. The maximum absolute atomic E-state index is 13.0. The lowest BCUT2D eigenvalue weighted by Crippen LogP contribution is -2.57. The van der Waals surface area contributed by atoms with E-state index in [1.54, 1.807) is 13.8 Å². The number of hydrogen-bond donors (Lipinski definition) is 0. The summed E-state index contributed by atoms with van der Waals surface area (Å²) in [5.74, 6) is -0.967. The van der Waals surface area contributed by atoms with E-state index in [2.05, 4.69) is 0 Å². The van der Waals surface area contributed by atoms with Gasteiger partial charge in [-0.3, -0.25) is 4.79 Å². The molecule has 0 aliphatic carbocycles. The van der Waals surface area contributed by atoms with Crippen LogP contribution in [0.1, 0.15) is 42.6 Å². The summed E-state index contributed by atoms with van der Waals surface area (Å²) in [6.45, 7) is 3.31. The van der Waals surface area contributed by atoms with Crippen molar-refractivity contribution in [3.05, 3.63) is 21.9 Å². The molecule has 1 saturated heterocycles. The van der Waals surface area contributed by atoms with Crippen LogP contribution in [0.4, 0.5) is 13.2 Å². The van der Waals surface area contributed by atoms with Gasteiger partial charge in [0.1, 0.15) is 0 Å². The Kier molecular flexibility index (Phi) is 4.83. The summed E-state index contributed by atoms with van der Waals surface area (Å²) in [6, 6.07) is 0. The van der Waals surface area contributed by atoms with Gasteiger partial charge in [0.05, 0.1) is 21.6 Å². The molecule has 0 spiro atoms. The normalized spacial score (nSPS) is 20.5. The fourth-order valence-electron chi connectivity index (χ4n) is 2.91. The van der Waals surface area contributed by atoms with Crippen molar-refractivity contribution in [2.75, 3.05) is 18.8 Å². The van der Waals surface area contributed by atoms with Gasteiger partial charge in [0.2, 0.25) is 0 Å². The van der Waals surface area contributed by atoms with Crippen molar-refractivity contribution in [1.29, 1.82) is 0 Å². The highest BCUT2D eigenvalue weighted by Gasteiger charge is 2.47. The molecule has 1 amide bonds. The highest BCUT2D eigenvalue weighted by Crippen LogP contribution is 2.36. The minimum atomic E-state index is -4.60. The van der Waals surface area contributed by atoms with Gasteiger partial charge in [0.25, 0.3) is 5.91 Å². The van der Waals surface area contributed by atoms with Crippen LogP contribution >= 0.6 is 11.3 Å². The summed E-state index contributed by atoms with van der Waals surface area (Å²) in [6.07, 6.45) is -3.95. The molecule has 1 fully saturated rings. The first kappa shape index (κ1) is 18.3. The van der Waals surface area contributed by atoms with Crippen LogP contribution in [-0.2, 0) is 16.0 Å². The van der Waals surface area contributed by atoms with Gasteiger partial charge in [-0.15, -0.1) is 0 Å². The predicted octanol–water partition coefficient (Wildman–Crippen LogP) is 3.20. The van der Waals surface area contributed by atoms with Gasteiger partial charge >= 0.3 is 6.18 Å². The number of nitrogens with zero attached hydrogens (tertiary/aromatic N) is 1. The molecule has 23 heavy (non-hydrogen) atoms. The van der Waals surface area contributed by atoms with Crippen LogP contribution < -0.4 is 0 Å². The first-order valence-corrected chi connectivity index (χ1v) is 9.82. The van der Waals surface area contributed by atoms with E-state index in [-0.39, 0.29) is 18.8 Å². The Morgan fingerprint density at radius 1 is 1.30 bits per heavy atom. The van der Waals surface area contributed by atoms with Crippen molar-refractivity contribution < 1.29 is 26.4 Å². The van der Waals surface area contributed by atoms with Gasteiger partial charge < -0.3 is 4.90 Å². The molecule has 1 aliphatic rings. The number of halogens is 3. The zero-order chi connectivity index (χ0) is 17.5. The zero-order valence-electron chi connectivity index (χ0n) is 12.8. The molecule has 0 aromatic carbocycles. The van der Waals surface area contributed by atoms with Crippen LogP contribution in [0.5, 0.6) is 0 Å². The number of carbonyl (C=O) groups excluding carboxylic acids is 1. The first-order chi connectivity index (χ1) is 10.6. The molecule has 0 radical (unpaired) electrons. The Hall–Kier alpha value is -1.09. The van der Waals surface area contributed by atoms with Gasteiger partial charge in [-0.05, 0) is 12.8 Å². The Morgan fingerprint density at radius 2 is 1.91 bits per heavy atom.